The van der Waals surface area contributed by atoms with Crippen molar-refractivity contribution >= 4 is 29.1 Å². The Labute approximate surface area is 276 Å². The van der Waals surface area contributed by atoms with Crippen molar-refractivity contribution in [2.45, 2.75) is 53.1 Å². The molecule has 3 aromatic rings. The van der Waals surface area contributed by atoms with Gasteiger partial charge in [0.15, 0.2) is 5.60 Å². The first-order valence-electron chi connectivity index (χ1n) is 15.4. The first kappa shape index (κ1) is 38.5. The van der Waals surface area contributed by atoms with Crippen molar-refractivity contribution in [1.82, 2.24) is 4.90 Å². The van der Waals surface area contributed by atoms with Gasteiger partial charge >= 0.3 is 17.9 Å². The van der Waals surface area contributed by atoms with E-state index < -0.39 is 36.4 Å². The fraction of sp³-hybridized carbons (Fsp3) is 0.378. The van der Waals surface area contributed by atoms with Crippen LogP contribution in [-0.2, 0) is 14.4 Å². The topological polar surface area (TPSA) is 154 Å². The molecule has 0 radical (unpaired) electrons. The van der Waals surface area contributed by atoms with Crippen LogP contribution in [0.25, 0.3) is 11.1 Å². The molecule has 0 fully saturated rings. The molecule has 0 aliphatic carbocycles. The maximum Gasteiger partial charge on any atom is 0.336 e. The lowest BCUT2D eigenvalue weighted by Gasteiger charge is -2.28. The van der Waals surface area contributed by atoms with Crippen LogP contribution in [0.5, 0.6) is 11.5 Å². The number of nitrogens with zero attached hydrogens (tertiary/aromatic N) is 1. The van der Waals surface area contributed by atoms with E-state index in [0.29, 0.717) is 6.61 Å². The molecule has 4 N–H and O–H groups in total. The smallest absolute Gasteiger partial charge is 0.336 e. The van der Waals surface area contributed by atoms with Crippen molar-refractivity contribution in [1.29, 1.82) is 0 Å². The molecule has 3 rings (SSSR count). The lowest BCUT2D eigenvalue weighted by Crippen LogP contribution is -2.42. The molecule has 0 heterocycles. The van der Waals surface area contributed by atoms with Crippen molar-refractivity contribution in [2.24, 2.45) is 5.41 Å². The first-order chi connectivity index (χ1) is 22.1. The summed E-state index contributed by atoms with van der Waals surface area (Å²) in [4.78, 5) is 32.9. The second kappa shape index (κ2) is 17.9. The van der Waals surface area contributed by atoms with Crippen LogP contribution < -0.4 is 9.47 Å². The van der Waals surface area contributed by atoms with Crippen LogP contribution in [0.15, 0.2) is 78.9 Å². The first-order valence-corrected chi connectivity index (χ1v) is 15.4. The predicted molar refractivity (Wildman–Crippen MR) is 182 cm³/mol. The second-order valence-corrected chi connectivity index (χ2v) is 12.0. The number of methoxy groups -OCH3 is 1. The summed E-state index contributed by atoms with van der Waals surface area (Å²) in [5.74, 6) is -3.26. The molecule has 0 saturated carbocycles. The van der Waals surface area contributed by atoms with Gasteiger partial charge in [-0.2, -0.15) is 0 Å². The monoisotopic (exact) mass is 649 g/mol. The molecular formula is C37H47NO9. The van der Waals surface area contributed by atoms with E-state index in [-0.39, 0.29) is 5.41 Å². The van der Waals surface area contributed by atoms with Crippen molar-refractivity contribution in [3.05, 3.63) is 95.6 Å². The molecule has 10 nitrogen and oxygen atoms in total. The third-order valence-corrected chi connectivity index (χ3v) is 7.44. The summed E-state index contributed by atoms with van der Waals surface area (Å²) in [5.41, 5.74) is 3.33. The quantitative estimate of drug-likeness (QED) is 0.141. The van der Waals surface area contributed by atoms with Gasteiger partial charge in [-0.1, -0.05) is 89.2 Å². The molecule has 0 saturated heterocycles. The summed E-state index contributed by atoms with van der Waals surface area (Å²) in [6.07, 6.45) is -2.29. The van der Waals surface area contributed by atoms with Gasteiger partial charge in [-0.3, -0.25) is 9.59 Å². The molecule has 0 spiro atoms. The summed E-state index contributed by atoms with van der Waals surface area (Å²) in [6, 6.07) is 27.6. The van der Waals surface area contributed by atoms with E-state index in [1.807, 2.05) is 12.1 Å². The number of likely N-dealkylation sites (N-methyl/N-ethyl adjacent to an activating group) is 1. The number of rotatable bonds is 15. The summed E-state index contributed by atoms with van der Waals surface area (Å²) in [5, 5.41) is 33.8. The Kier molecular flexibility index (Phi) is 14.6. The lowest BCUT2D eigenvalue weighted by molar-refractivity contribution is -0.170. The minimum Gasteiger partial charge on any atom is -0.497 e. The van der Waals surface area contributed by atoms with Crippen LogP contribution in [0.1, 0.15) is 64.2 Å². The molecule has 0 aromatic heterocycles. The normalized spacial score (nSPS) is 12.0. The molecule has 47 heavy (non-hydrogen) atoms. The maximum atomic E-state index is 10.3. The van der Waals surface area contributed by atoms with Crippen LogP contribution in [-0.4, -0.2) is 82.2 Å². The molecule has 3 aromatic carbocycles. The van der Waals surface area contributed by atoms with E-state index in [1.165, 1.54) is 27.8 Å². The van der Waals surface area contributed by atoms with Crippen molar-refractivity contribution < 1.29 is 44.3 Å². The zero-order chi connectivity index (χ0) is 35.2. The van der Waals surface area contributed by atoms with Crippen molar-refractivity contribution in [3.63, 3.8) is 0 Å². The Bertz CT molecular complexity index is 1450. The molecule has 0 amide bonds. The molecule has 10 heteroatoms. The lowest BCUT2D eigenvalue weighted by atomic mass is 9.76. The zero-order valence-electron chi connectivity index (χ0n) is 28.0. The number of aliphatic hydroxyl groups is 1. The van der Waals surface area contributed by atoms with E-state index in [9.17, 15) is 14.4 Å². The highest BCUT2D eigenvalue weighted by Gasteiger charge is 2.40. The predicted octanol–water partition coefficient (Wildman–Crippen LogP) is 6.17. The minimum atomic E-state index is -2.74. The van der Waals surface area contributed by atoms with Crippen molar-refractivity contribution in [3.8, 4) is 11.5 Å². The van der Waals surface area contributed by atoms with Crippen LogP contribution in [0.3, 0.4) is 0 Å². The van der Waals surface area contributed by atoms with Crippen LogP contribution in [0.2, 0.25) is 0 Å². The largest absolute Gasteiger partial charge is 0.497 e. The Morgan fingerprint density at radius 1 is 0.702 bits per heavy atom. The van der Waals surface area contributed by atoms with Gasteiger partial charge in [-0.05, 0) is 70.6 Å². The third kappa shape index (κ3) is 11.9. The fourth-order valence-electron chi connectivity index (χ4n) is 5.03. The van der Waals surface area contributed by atoms with Crippen molar-refractivity contribution in [2.75, 3.05) is 33.4 Å². The summed E-state index contributed by atoms with van der Waals surface area (Å²) in [6.45, 7) is 14.9. The number of aliphatic carboxylic acids is 3. The minimum absolute atomic E-state index is 0.0600. The van der Waals surface area contributed by atoms with Crippen LogP contribution in [0, 0.1) is 5.41 Å². The standard InChI is InChI=1S/C31H39NO2.C6H8O7/c1-7-32(8-2)22-23-34-28-20-16-25(17-21-28)29(24-14-18-27(33-6)19-15-24)30(31(3,4)5)26-12-10-9-11-13-26;7-3(8)1-6(13,5(11)12)2-4(9)10/h9-21H,7-8,22-23H2,1-6H3;13H,1-2H2,(H,7,8)(H,9,10)(H,11,12)/b30-29+;. The summed E-state index contributed by atoms with van der Waals surface area (Å²) >= 11 is 0. The number of ether oxygens (including phenoxy) is 2. The number of carbonyl (C=O) groups is 3. The molecule has 0 unspecified atom stereocenters. The number of carboxylic acid groups (broad SMARTS) is 3. The number of hydrogen-bond acceptors (Lipinski definition) is 7. The summed E-state index contributed by atoms with van der Waals surface area (Å²) < 4.78 is 11.5. The van der Waals surface area contributed by atoms with E-state index in [0.717, 1.165) is 31.1 Å². The number of carboxylic acids is 3. The van der Waals surface area contributed by atoms with Gasteiger partial charge in [0.25, 0.3) is 0 Å². The van der Waals surface area contributed by atoms with Gasteiger partial charge in [-0.15, -0.1) is 0 Å². The fourth-order valence-corrected chi connectivity index (χ4v) is 5.03. The number of hydrogen-bond donors (Lipinski definition) is 4. The van der Waals surface area contributed by atoms with Gasteiger partial charge in [-0.25, -0.2) is 4.79 Å². The van der Waals surface area contributed by atoms with E-state index in [2.05, 4.69) is 106 Å². The van der Waals surface area contributed by atoms with Gasteiger partial charge in [0.05, 0.1) is 20.0 Å². The Balaban J connectivity index is 0.000000500. The Hall–Kier alpha value is -4.67. The van der Waals surface area contributed by atoms with E-state index in [4.69, 9.17) is 29.9 Å². The highest BCUT2D eigenvalue weighted by Crippen LogP contribution is 2.43. The highest BCUT2D eigenvalue weighted by molar-refractivity contribution is 6.00. The van der Waals surface area contributed by atoms with Crippen LogP contribution >= 0.6 is 0 Å². The number of allylic oxidation sites excluding steroid dienone is 1. The molecule has 0 atom stereocenters. The molecule has 0 bridgehead atoms. The van der Waals surface area contributed by atoms with Crippen LogP contribution in [0.4, 0.5) is 0 Å². The molecular weight excluding hydrogens is 602 g/mol. The average Bonchev–Trinajstić information content (AvgIpc) is 3.02. The van der Waals surface area contributed by atoms with Gasteiger partial charge in [0.1, 0.15) is 18.1 Å². The zero-order valence-corrected chi connectivity index (χ0v) is 28.0. The Morgan fingerprint density at radius 3 is 1.55 bits per heavy atom. The van der Waals surface area contributed by atoms with E-state index >= 15 is 0 Å². The van der Waals surface area contributed by atoms with Gasteiger partial charge < -0.3 is 34.8 Å². The third-order valence-electron chi connectivity index (χ3n) is 7.44. The molecule has 0 aliphatic rings. The van der Waals surface area contributed by atoms with Gasteiger partial charge in [0, 0.05) is 6.54 Å². The van der Waals surface area contributed by atoms with Gasteiger partial charge in [0.2, 0.25) is 0 Å². The molecule has 254 valence electrons. The van der Waals surface area contributed by atoms with E-state index in [1.54, 1.807) is 7.11 Å². The second-order valence-electron chi connectivity index (χ2n) is 12.0. The average molecular weight is 650 g/mol. The SMILES string of the molecule is CCN(CC)CCOc1ccc(/C(=C(\c2ccccc2)C(C)(C)C)c2ccc(OC)cc2)cc1.O=C(O)CC(O)(CC(=O)O)C(=O)O. The highest BCUT2D eigenvalue weighted by atomic mass is 16.5. The Morgan fingerprint density at radius 2 is 1.17 bits per heavy atom. The molecule has 0 aliphatic heterocycles. The summed E-state index contributed by atoms with van der Waals surface area (Å²) in [7, 11) is 1.70. The number of benzene rings is 3. The maximum absolute atomic E-state index is 10.3.